The van der Waals surface area contributed by atoms with Gasteiger partial charge in [0.15, 0.2) is 5.82 Å². The van der Waals surface area contributed by atoms with Gasteiger partial charge in [0.1, 0.15) is 6.10 Å². The summed E-state index contributed by atoms with van der Waals surface area (Å²) in [4.78, 5) is 27.9. The first kappa shape index (κ1) is 21.4. The molecule has 1 saturated heterocycles. The number of carbonyl (C=O) groups excluding carboxylic acids is 1. The van der Waals surface area contributed by atoms with Crippen molar-refractivity contribution in [3.63, 3.8) is 0 Å². The third-order valence-electron chi connectivity index (χ3n) is 6.52. The van der Waals surface area contributed by atoms with Gasteiger partial charge < -0.3 is 9.64 Å². The lowest BCUT2D eigenvalue weighted by molar-refractivity contribution is -0.137. The van der Waals surface area contributed by atoms with Crippen molar-refractivity contribution in [2.24, 2.45) is 5.92 Å². The van der Waals surface area contributed by atoms with Crippen LogP contribution in [-0.2, 0) is 6.18 Å². The van der Waals surface area contributed by atoms with E-state index in [1.807, 2.05) is 24.0 Å². The van der Waals surface area contributed by atoms with Gasteiger partial charge in [-0.3, -0.25) is 4.79 Å². The average molecular weight is 454 g/mol. The molecule has 2 fully saturated rings. The van der Waals surface area contributed by atoms with Crippen LogP contribution in [0.5, 0.6) is 5.88 Å². The lowest BCUT2D eigenvalue weighted by atomic mass is 9.97. The Balaban J connectivity index is 1.39. The van der Waals surface area contributed by atoms with Crippen LogP contribution >= 0.6 is 0 Å². The summed E-state index contributed by atoms with van der Waals surface area (Å²) in [7, 11) is 0. The Morgan fingerprint density at radius 3 is 2.45 bits per heavy atom. The summed E-state index contributed by atoms with van der Waals surface area (Å²) in [5, 5.41) is 0. The van der Waals surface area contributed by atoms with Crippen molar-refractivity contribution < 1.29 is 22.7 Å². The summed E-state index contributed by atoms with van der Waals surface area (Å²) in [6, 6.07) is 11.0. The maximum atomic E-state index is 13.7. The van der Waals surface area contributed by atoms with E-state index < -0.39 is 11.7 Å². The Morgan fingerprint density at radius 1 is 1.03 bits per heavy atom. The summed E-state index contributed by atoms with van der Waals surface area (Å²) in [6.07, 6.45) is 0.746. The number of alkyl halides is 3. The second kappa shape index (κ2) is 8.13. The molecular formula is C24H21F3N4O2. The summed E-state index contributed by atoms with van der Waals surface area (Å²) in [5.74, 6) is 0.712. The summed E-state index contributed by atoms with van der Waals surface area (Å²) in [5.41, 5.74) is 0.336. The molecule has 3 aromatic rings. The fourth-order valence-electron chi connectivity index (χ4n) is 4.91. The van der Waals surface area contributed by atoms with Gasteiger partial charge in [0.2, 0.25) is 5.88 Å². The van der Waals surface area contributed by atoms with Crippen LogP contribution in [0.3, 0.4) is 0 Å². The lowest BCUT2D eigenvalue weighted by Gasteiger charge is -2.38. The first-order chi connectivity index (χ1) is 15.8. The van der Waals surface area contributed by atoms with Crippen LogP contribution < -0.4 is 4.74 Å². The molecule has 2 aliphatic rings. The molecule has 0 radical (unpaired) electrons. The summed E-state index contributed by atoms with van der Waals surface area (Å²) >= 11 is 0. The number of rotatable bonds is 4. The molecule has 170 valence electrons. The molecule has 33 heavy (non-hydrogen) atoms. The molecule has 4 atom stereocenters. The molecule has 2 aromatic heterocycles. The van der Waals surface area contributed by atoms with Gasteiger partial charge in [-0.2, -0.15) is 13.2 Å². The monoisotopic (exact) mass is 454 g/mol. The highest BCUT2D eigenvalue weighted by Gasteiger charge is 2.53. The number of likely N-dealkylation sites (tertiary alicyclic amines) is 1. The number of piperidine rings is 1. The Labute approximate surface area is 188 Å². The number of ether oxygens (including phenoxy) is 1. The molecule has 9 heteroatoms. The third-order valence-corrected chi connectivity index (χ3v) is 6.52. The van der Waals surface area contributed by atoms with Crippen molar-refractivity contribution in [3.8, 4) is 17.3 Å². The van der Waals surface area contributed by atoms with Crippen LogP contribution in [0.2, 0.25) is 0 Å². The van der Waals surface area contributed by atoms with Gasteiger partial charge in [0.05, 0.1) is 17.2 Å². The smallest absolute Gasteiger partial charge is 0.417 e. The van der Waals surface area contributed by atoms with Crippen LogP contribution in [0.15, 0.2) is 61.1 Å². The number of aromatic nitrogens is 3. The normalized spacial score (nSPS) is 24.2. The van der Waals surface area contributed by atoms with Gasteiger partial charge >= 0.3 is 6.18 Å². The number of amides is 1. The topological polar surface area (TPSA) is 68.2 Å². The van der Waals surface area contributed by atoms with Crippen molar-refractivity contribution in [2.75, 3.05) is 0 Å². The number of pyridine rings is 1. The van der Waals surface area contributed by atoms with Crippen LogP contribution in [0.25, 0.3) is 11.4 Å². The van der Waals surface area contributed by atoms with E-state index >= 15 is 0 Å². The van der Waals surface area contributed by atoms with E-state index in [2.05, 4.69) is 15.0 Å². The molecule has 1 aromatic carbocycles. The van der Waals surface area contributed by atoms with Crippen molar-refractivity contribution in [3.05, 3.63) is 72.2 Å². The lowest BCUT2D eigenvalue weighted by Crippen LogP contribution is -2.51. The maximum absolute atomic E-state index is 13.7. The molecular weight excluding hydrogens is 433 g/mol. The van der Waals surface area contributed by atoms with Gasteiger partial charge in [-0.25, -0.2) is 15.0 Å². The minimum absolute atomic E-state index is 0.0210. The number of fused-ring (bicyclic) bond motifs is 2. The van der Waals surface area contributed by atoms with Gasteiger partial charge in [-0.15, -0.1) is 0 Å². The highest BCUT2D eigenvalue weighted by atomic mass is 19.4. The quantitative estimate of drug-likeness (QED) is 0.575. The highest BCUT2D eigenvalue weighted by Crippen LogP contribution is 2.45. The SMILES string of the molecule is C[C@@H]1[C@H]2C[C@@H](Oc3ccc(C(F)(F)F)cn3)[C@H](C2)N1C(=O)c1ccccc1-c1ncccn1. The van der Waals surface area contributed by atoms with Gasteiger partial charge in [0.25, 0.3) is 5.91 Å². The van der Waals surface area contributed by atoms with Gasteiger partial charge in [-0.05, 0) is 43.9 Å². The molecule has 1 aliphatic carbocycles. The van der Waals surface area contributed by atoms with Crippen LogP contribution in [0, 0.1) is 5.92 Å². The number of benzene rings is 1. The van der Waals surface area contributed by atoms with E-state index in [-0.39, 0.29) is 35.9 Å². The fraction of sp³-hybridized carbons (Fsp3) is 0.333. The van der Waals surface area contributed by atoms with Crippen molar-refractivity contribution >= 4 is 5.91 Å². The predicted molar refractivity (Wildman–Crippen MR) is 113 cm³/mol. The standard InChI is InChI=1S/C24H21F3N4O2/c1-14-15-11-19(20(12-15)33-21-8-7-16(13-30-21)24(25,26)27)31(14)23(32)18-6-3-2-5-17(18)22-28-9-4-10-29-22/h2-10,13-15,19-20H,11-12H2,1H3/t14-,15-,19+,20-/m1/s1. The molecule has 1 aliphatic heterocycles. The van der Waals surface area contributed by atoms with Gasteiger partial charge in [-0.1, -0.05) is 18.2 Å². The minimum atomic E-state index is -4.45. The van der Waals surface area contributed by atoms with E-state index in [4.69, 9.17) is 4.74 Å². The second-order valence-electron chi connectivity index (χ2n) is 8.41. The van der Waals surface area contributed by atoms with Crippen LogP contribution in [-0.4, -0.2) is 43.9 Å². The number of hydrogen-bond acceptors (Lipinski definition) is 5. The zero-order valence-electron chi connectivity index (χ0n) is 17.7. The van der Waals surface area contributed by atoms with E-state index in [1.54, 1.807) is 30.6 Å². The van der Waals surface area contributed by atoms with E-state index in [0.29, 0.717) is 17.0 Å². The second-order valence-corrected chi connectivity index (χ2v) is 8.41. The Kier molecular flexibility index (Phi) is 5.26. The maximum Gasteiger partial charge on any atom is 0.417 e. The van der Waals surface area contributed by atoms with E-state index in [0.717, 1.165) is 25.1 Å². The molecule has 0 unspecified atom stereocenters. The van der Waals surface area contributed by atoms with Crippen LogP contribution in [0.4, 0.5) is 13.2 Å². The predicted octanol–water partition coefficient (Wildman–Crippen LogP) is 4.63. The van der Waals surface area contributed by atoms with Crippen LogP contribution in [0.1, 0.15) is 35.7 Å². The Bertz CT molecular complexity index is 1150. The molecule has 6 nitrogen and oxygen atoms in total. The Morgan fingerprint density at radius 2 is 1.79 bits per heavy atom. The zero-order chi connectivity index (χ0) is 23.2. The Hall–Kier alpha value is -3.49. The average Bonchev–Trinajstić information content (AvgIpc) is 3.36. The first-order valence-corrected chi connectivity index (χ1v) is 10.7. The van der Waals surface area contributed by atoms with Crippen molar-refractivity contribution in [2.45, 2.75) is 44.1 Å². The summed E-state index contributed by atoms with van der Waals surface area (Å²) < 4.78 is 44.4. The fourth-order valence-corrected chi connectivity index (χ4v) is 4.91. The first-order valence-electron chi connectivity index (χ1n) is 10.7. The number of hydrogen-bond donors (Lipinski definition) is 0. The zero-order valence-corrected chi connectivity index (χ0v) is 17.7. The number of nitrogens with zero attached hydrogens (tertiary/aromatic N) is 4. The molecule has 2 bridgehead atoms. The molecule has 3 heterocycles. The summed E-state index contributed by atoms with van der Waals surface area (Å²) in [6.45, 7) is 2.02. The third kappa shape index (κ3) is 3.92. The molecule has 1 saturated carbocycles. The van der Waals surface area contributed by atoms with E-state index in [1.165, 1.54) is 6.07 Å². The number of halogens is 3. The number of carbonyl (C=O) groups is 1. The molecule has 5 rings (SSSR count). The highest BCUT2D eigenvalue weighted by molar-refractivity contribution is 6.00. The van der Waals surface area contributed by atoms with Gasteiger partial charge in [0, 0.05) is 36.3 Å². The van der Waals surface area contributed by atoms with Crippen molar-refractivity contribution in [1.29, 1.82) is 0 Å². The van der Waals surface area contributed by atoms with Crippen molar-refractivity contribution in [1.82, 2.24) is 19.9 Å². The van der Waals surface area contributed by atoms with E-state index in [9.17, 15) is 18.0 Å². The molecule has 1 amide bonds. The minimum Gasteiger partial charge on any atom is -0.472 e. The molecule has 0 N–H and O–H groups in total. The largest absolute Gasteiger partial charge is 0.472 e. The molecule has 0 spiro atoms.